The molecular weight excluding hydrogens is 376 g/mol. The zero-order valence-electron chi connectivity index (χ0n) is 14.7. The van der Waals surface area contributed by atoms with Crippen LogP contribution in [0.5, 0.6) is 0 Å². The van der Waals surface area contributed by atoms with Crippen LogP contribution in [0.2, 0.25) is 0 Å². The Labute approximate surface area is 155 Å². The van der Waals surface area contributed by atoms with Gasteiger partial charge in [-0.05, 0) is 37.0 Å². The number of aryl methyl sites for hydroxylation is 1. The third-order valence-corrected chi connectivity index (χ3v) is 6.12. The number of rotatable bonds is 7. The topological polar surface area (TPSA) is 135 Å². The molecule has 0 spiro atoms. The average Bonchev–Trinajstić information content (AvgIpc) is 3.35. The van der Waals surface area contributed by atoms with Crippen LogP contribution in [0.4, 0.5) is 0 Å². The number of amides is 1. The molecule has 0 aliphatic carbocycles. The minimum absolute atomic E-state index is 0.173. The number of nitrogens with one attached hydrogen (secondary N) is 1. The Kier molecular flexibility index (Phi) is 5.33. The molecule has 1 aliphatic heterocycles. The lowest BCUT2D eigenvalue weighted by Gasteiger charge is -2.22. The molecule has 146 valence electrons. The number of furan rings is 1. The van der Waals surface area contributed by atoms with Crippen LogP contribution in [-0.4, -0.2) is 58.6 Å². The Morgan fingerprint density at radius 1 is 1.41 bits per heavy atom. The van der Waals surface area contributed by atoms with Gasteiger partial charge < -0.3 is 14.8 Å². The second kappa shape index (κ2) is 7.53. The van der Waals surface area contributed by atoms with Crippen LogP contribution in [0.1, 0.15) is 29.0 Å². The summed E-state index contributed by atoms with van der Waals surface area (Å²) < 4.78 is 33.1. The molecule has 1 unspecified atom stereocenters. The smallest absolute Gasteiger partial charge is 0.371 e. The van der Waals surface area contributed by atoms with Crippen molar-refractivity contribution in [3.63, 3.8) is 0 Å². The minimum atomic E-state index is -4.09. The number of hydrogen-bond donors (Lipinski definition) is 2. The lowest BCUT2D eigenvalue weighted by molar-refractivity contribution is -0.124. The molecule has 1 amide bonds. The average molecular weight is 396 g/mol. The molecule has 2 aromatic rings. The van der Waals surface area contributed by atoms with Crippen molar-refractivity contribution in [2.75, 3.05) is 13.1 Å². The van der Waals surface area contributed by atoms with Gasteiger partial charge in [0.25, 0.3) is 10.0 Å². The maximum atomic E-state index is 12.7. The van der Waals surface area contributed by atoms with Crippen molar-refractivity contribution in [2.24, 2.45) is 7.05 Å². The largest absolute Gasteiger partial charge is 0.475 e. The van der Waals surface area contributed by atoms with Gasteiger partial charge in [0.15, 0.2) is 0 Å². The highest BCUT2D eigenvalue weighted by Crippen LogP contribution is 2.27. The van der Waals surface area contributed by atoms with Crippen molar-refractivity contribution in [3.05, 3.63) is 35.9 Å². The number of hydrogen-bond acceptors (Lipinski definition) is 6. The summed E-state index contributed by atoms with van der Waals surface area (Å²) in [6.45, 7) is 0.533. The van der Waals surface area contributed by atoms with E-state index >= 15 is 0 Å². The molecular formula is C16H20N4O6S. The zero-order chi connectivity index (χ0) is 19.6. The molecule has 1 atom stereocenters. The number of nitrogens with zero attached hydrogens (tertiary/aromatic N) is 3. The van der Waals surface area contributed by atoms with Gasteiger partial charge in [-0.2, -0.15) is 9.40 Å². The number of aromatic nitrogens is 2. The number of aromatic carboxylic acids is 1. The molecule has 3 rings (SSSR count). The first kappa shape index (κ1) is 19.1. The minimum Gasteiger partial charge on any atom is -0.475 e. The maximum Gasteiger partial charge on any atom is 0.371 e. The first-order valence-corrected chi connectivity index (χ1v) is 9.83. The molecule has 10 nitrogen and oxygen atoms in total. The van der Waals surface area contributed by atoms with E-state index in [0.29, 0.717) is 25.8 Å². The molecule has 1 aliphatic rings. The van der Waals surface area contributed by atoms with E-state index in [-0.39, 0.29) is 12.5 Å². The lowest BCUT2D eigenvalue weighted by atomic mass is 10.2. The van der Waals surface area contributed by atoms with Gasteiger partial charge in [-0.3, -0.25) is 9.48 Å². The van der Waals surface area contributed by atoms with E-state index < -0.39 is 32.9 Å². The van der Waals surface area contributed by atoms with E-state index in [9.17, 15) is 18.0 Å². The second-order valence-electron chi connectivity index (χ2n) is 6.26. The molecule has 3 heterocycles. The summed E-state index contributed by atoms with van der Waals surface area (Å²) >= 11 is 0. The van der Waals surface area contributed by atoms with Crippen molar-refractivity contribution in [1.29, 1.82) is 0 Å². The molecule has 27 heavy (non-hydrogen) atoms. The normalized spacial score (nSPS) is 17.9. The van der Waals surface area contributed by atoms with Gasteiger partial charge in [-0.25, -0.2) is 13.2 Å². The summed E-state index contributed by atoms with van der Waals surface area (Å²) in [5, 5.41) is 15.2. The van der Waals surface area contributed by atoms with E-state index in [2.05, 4.69) is 10.4 Å². The van der Waals surface area contributed by atoms with Gasteiger partial charge in [-0.1, -0.05) is 0 Å². The van der Waals surface area contributed by atoms with Crippen LogP contribution in [0, 0.1) is 0 Å². The summed E-state index contributed by atoms with van der Waals surface area (Å²) in [5.41, 5.74) is 0.963. The Balaban J connectivity index is 1.66. The maximum absolute atomic E-state index is 12.7. The first-order chi connectivity index (χ1) is 12.8. The molecule has 2 N–H and O–H groups in total. The van der Waals surface area contributed by atoms with Crippen LogP contribution < -0.4 is 5.32 Å². The second-order valence-corrected chi connectivity index (χ2v) is 8.08. The summed E-state index contributed by atoms with van der Waals surface area (Å²) in [7, 11) is -2.29. The Morgan fingerprint density at radius 3 is 2.81 bits per heavy atom. The van der Waals surface area contributed by atoms with Gasteiger partial charge in [0.05, 0.1) is 6.20 Å². The Morgan fingerprint density at radius 2 is 2.19 bits per heavy atom. The van der Waals surface area contributed by atoms with Crippen molar-refractivity contribution in [3.8, 4) is 0 Å². The first-order valence-electron chi connectivity index (χ1n) is 8.39. The number of carboxylic acids is 1. The van der Waals surface area contributed by atoms with Crippen molar-refractivity contribution in [1.82, 2.24) is 19.4 Å². The van der Waals surface area contributed by atoms with Crippen LogP contribution in [0.25, 0.3) is 0 Å². The monoisotopic (exact) mass is 396 g/mol. The zero-order valence-corrected chi connectivity index (χ0v) is 15.5. The van der Waals surface area contributed by atoms with E-state index in [0.717, 1.165) is 22.0 Å². The highest BCUT2D eigenvalue weighted by Gasteiger charge is 2.41. The van der Waals surface area contributed by atoms with E-state index in [4.69, 9.17) is 9.52 Å². The SMILES string of the molecule is Cn1cc(CCNC(=O)C2CCCN2S(=O)(=O)c2ccc(C(=O)O)o2)cn1. The van der Waals surface area contributed by atoms with Gasteiger partial charge in [0.1, 0.15) is 6.04 Å². The number of carboxylic acid groups (broad SMARTS) is 1. The number of carbonyl (C=O) groups excluding carboxylic acids is 1. The standard InChI is InChI=1S/C16H20N4O6S/c1-19-10-11(9-18-19)6-7-17-15(21)12-3-2-8-20(12)27(24,25)14-5-4-13(26-14)16(22)23/h4-5,9-10,12H,2-3,6-8H2,1H3,(H,17,21)(H,22,23). The summed E-state index contributed by atoms with van der Waals surface area (Å²) in [5.74, 6) is -2.21. The third kappa shape index (κ3) is 4.03. The van der Waals surface area contributed by atoms with Gasteiger partial charge in [0.2, 0.25) is 16.8 Å². The van der Waals surface area contributed by atoms with Crippen molar-refractivity contribution in [2.45, 2.75) is 30.4 Å². The van der Waals surface area contributed by atoms with E-state index in [1.165, 1.54) is 0 Å². The van der Waals surface area contributed by atoms with E-state index in [1.807, 2.05) is 6.20 Å². The highest BCUT2D eigenvalue weighted by atomic mass is 32.2. The summed E-state index contributed by atoms with van der Waals surface area (Å²) in [6.07, 6.45) is 5.06. The predicted octanol–water partition coefficient (Wildman–Crippen LogP) is 0.223. The molecule has 0 aromatic carbocycles. The molecule has 0 radical (unpaired) electrons. The van der Waals surface area contributed by atoms with Crippen LogP contribution >= 0.6 is 0 Å². The Hall–Kier alpha value is -2.66. The molecule has 11 heteroatoms. The van der Waals surface area contributed by atoms with Gasteiger partial charge in [0, 0.05) is 26.3 Å². The fraction of sp³-hybridized carbons (Fsp3) is 0.438. The number of carbonyl (C=O) groups is 2. The van der Waals surface area contributed by atoms with E-state index in [1.54, 1.807) is 17.9 Å². The van der Waals surface area contributed by atoms with Crippen LogP contribution in [-0.2, 0) is 28.3 Å². The summed E-state index contributed by atoms with van der Waals surface area (Å²) in [4.78, 5) is 23.4. The highest BCUT2D eigenvalue weighted by molar-refractivity contribution is 7.89. The molecule has 0 saturated carbocycles. The van der Waals surface area contributed by atoms with Crippen molar-refractivity contribution >= 4 is 21.9 Å². The molecule has 2 aromatic heterocycles. The van der Waals surface area contributed by atoms with Crippen molar-refractivity contribution < 1.29 is 27.5 Å². The fourth-order valence-electron chi connectivity index (χ4n) is 3.03. The molecule has 1 saturated heterocycles. The molecule has 0 bridgehead atoms. The van der Waals surface area contributed by atoms with Crippen LogP contribution in [0.3, 0.4) is 0 Å². The molecule has 1 fully saturated rings. The predicted molar refractivity (Wildman–Crippen MR) is 92.5 cm³/mol. The third-order valence-electron chi connectivity index (χ3n) is 4.33. The number of sulfonamides is 1. The summed E-state index contributed by atoms with van der Waals surface area (Å²) in [6, 6.07) is 1.32. The quantitative estimate of drug-likeness (QED) is 0.684. The van der Waals surface area contributed by atoms with Gasteiger partial charge >= 0.3 is 5.97 Å². The Bertz CT molecular complexity index is 948. The fourth-order valence-corrected chi connectivity index (χ4v) is 4.60. The van der Waals surface area contributed by atoms with Crippen LogP contribution in [0.15, 0.2) is 34.0 Å². The lowest BCUT2D eigenvalue weighted by Crippen LogP contribution is -2.46. The van der Waals surface area contributed by atoms with Gasteiger partial charge in [-0.15, -0.1) is 0 Å².